The first-order chi connectivity index (χ1) is 4.00. The van der Waals surface area contributed by atoms with Crippen LogP contribution in [0.15, 0.2) is 0 Å². The number of hydrogen-bond acceptors (Lipinski definition) is 0. The maximum Gasteiger partial charge on any atom is 0 e. The van der Waals surface area contributed by atoms with Crippen molar-refractivity contribution in [2.24, 2.45) is 0 Å². The van der Waals surface area contributed by atoms with Gasteiger partial charge >= 0.3 is 0 Å². The molecule has 0 aliphatic heterocycles. The van der Waals surface area contributed by atoms with E-state index in [4.69, 9.17) is 0 Å². The van der Waals surface area contributed by atoms with Gasteiger partial charge in [0.1, 0.15) is 0 Å². The molecule has 3 radical (unpaired) electrons. The van der Waals surface area contributed by atoms with E-state index in [1.54, 1.807) is 0 Å². The second-order valence-corrected chi connectivity index (χ2v) is 0. The fourth-order valence-electron chi connectivity index (χ4n) is 0. The zero-order valence-electron chi connectivity index (χ0n) is 8.99. The third-order valence-electron chi connectivity index (χ3n) is 0. The maximum atomic E-state index is 2.00. The Morgan fingerprint density at radius 1 is 0.417 bits per heavy atom. The molecule has 0 nitrogen and oxygen atoms in total. The molecule has 12 heavy (non-hydrogen) atoms. The Morgan fingerprint density at radius 3 is 0.417 bits per heavy atom. The first-order valence-electron chi connectivity index (χ1n) is 4.00. The van der Waals surface area contributed by atoms with E-state index in [1.165, 1.54) is 0 Å². The van der Waals surface area contributed by atoms with Crippen molar-refractivity contribution in [3.8, 4) is 0 Å². The fraction of sp³-hybridized carbons (Fsp3) is 1.00. The molecule has 81 valence electrons. The quantitative estimate of drug-likeness (QED) is 0.542. The Labute approximate surface area is 99.8 Å². The van der Waals surface area contributed by atoms with Crippen LogP contribution in [0.1, 0.15) is 70.2 Å². The predicted octanol–water partition coefficient (Wildman–Crippen LogP) is 4.99. The molecular formula is C10H32BW. The summed E-state index contributed by atoms with van der Waals surface area (Å²) in [7, 11) is 0. The summed E-state index contributed by atoms with van der Waals surface area (Å²) in [5.41, 5.74) is 0. The van der Waals surface area contributed by atoms with E-state index in [0.29, 0.717) is 0 Å². The van der Waals surface area contributed by atoms with Gasteiger partial charge in [-0.2, -0.15) is 0 Å². The molecule has 0 rings (SSSR count). The van der Waals surface area contributed by atoms with Crippen molar-refractivity contribution in [2.45, 2.75) is 70.2 Å². The first kappa shape index (κ1) is 78.0. The van der Waals surface area contributed by atoms with Gasteiger partial charge in [0.2, 0.25) is 0 Å². The third kappa shape index (κ3) is 1800. The van der Waals surface area contributed by atoms with Gasteiger partial charge in [-0.1, -0.05) is 70.2 Å². The summed E-state index contributed by atoms with van der Waals surface area (Å²) >= 11 is 0. The first-order valence-corrected chi connectivity index (χ1v) is 4.00. The summed E-state index contributed by atoms with van der Waals surface area (Å²) in [6.07, 6.45) is 0. The van der Waals surface area contributed by atoms with Gasteiger partial charge in [0.15, 0.2) is 0 Å². The SMILES string of the molecule is C.C.CC.CC.CC.CC.[B].[W]. The average molecular weight is 347 g/mol. The largest absolute Gasteiger partial charge is 0.0776 e. The molecule has 0 unspecified atom stereocenters. The van der Waals surface area contributed by atoms with Crippen LogP contribution in [0.25, 0.3) is 0 Å². The molecular weight excluding hydrogens is 315 g/mol. The average Bonchev–Trinajstić information content (AvgIpc) is 2.03. The molecule has 0 bridgehead atoms. The molecule has 0 heterocycles. The van der Waals surface area contributed by atoms with E-state index < -0.39 is 0 Å². The fourth-order valence-corrected chi connectivity index (χ4v) is 0. The standard InChI is InChI=1S/4C2H6.2CH4.B.W/c4*1-2;;;;/h4*1-2H3;2*1H4;;. The Bertz CT molecular complexity index is 9.80. The molecule has 0 aliphatic carbocycles. The molecule has 0 amide bonds. The molecule has 0 fully saturated rings. The van der Waals surface area contributed by atoms with Gasteiger partial charge in [-0.25, -0.2) is 0 Å². The van der Waals surface area contributed by atoms with Crippen LogP contribution in [0.4, 0.5) is 0 Å². The van der Waals surface area contributed by atoms with Gasteiger partial charge in [-0.05, 0) is 0 Å². The molecule has 0 aromatic heterocycles. The third-order valence-corrected chi connectivity index (χ3v) is 0. The molecule has 0 spiro atoms. The van der Waals surface area contributed by atoms with Crippen LogP contribution >= 0.6 is 0 Å². The molecule has 2 heteroatoms. The van der Waals surface area contributed by atoms with Gasteiger partial charge in [0, 0.05) is 29.5 Å². The van der Waals surface area contributed by atoms with Crippen molar-refractivity contribution in [2.75, 3.05) is 0 Å². The van der Waals surface area contributed by atoms with Crippen molar-refractivity contribution in [3.63, 3.8) is 0 Å². The maximum absolute atomic E-state index is 2.00. The van der Waals surface area contributed by atoms with Gasteiger partial charge < -0.3 is 0 Å². The van der Waals surface area contributed by atoms with Gasteiger partial charge in [0.25, 0.3) is 0 Å². The summed E-state index contributed by atoms with van der Waals surface area (Å²) < 4.78 is 0. The Hall–Kier alpha value is 0.753. The van der Waals surface area contributed by atoms with Crippen molar-refractivity contribution < 1.29 is 21.1 Å². The molecule has 0 saturated carbocycles. The van der Waals surface area contributed by atoms with Crippen molar-refractivity contribution >= 4 is 8.41 Å². The van der Waals surface area contributed by atoms with E-state index in [-0.39, 0.29) is 44.3 Å². The van der Waals surface area contributed by atoms with Crippen LogP contribution < -0.4 is 0 Å². The van der Waals surface area contributed by atoms with Gasteiger partial charge in [0.05, 0.1) is 0 Å². The molecule has 0 aromatic rings. The van der Waals surface area contributed by atoms with Crippen molar-refractivity contribution in [1.29, 1.82) is 0 Å². The minimum absolute atomic E-state index is 0. The van der Waals surface area contributed by atoms with E-state index in [1.807, 2.05) is 55.4 Å². The normalized spacial score (nSPS) is 2.00. The minimum Gasteiger partial charge on any atom is -0.0776 e. The van der Waals surface area contributed by atoms with Crippen LogP contribution in [0, 0.1) is 0 Å². The molecule has 0 aromatic carbocycles. The van der Waals surface area contributed by atoms with Crippen LogP contribution in [0.5, 0.6) is 0 Å². The van der Waals surface area contributed by atoms with E-state index in [2.05, 4.69) is 0 Å². The molecule has 0 N–H and O–H groups in total. The van der Waals surface area contributed by atoms with E-state index >= 15 is 0 Å². The second-order valence-electron chi connectivity index (χ2n) is 0. The summed E-state index contributed by atoms with van der Waals surface area (Å²) in [4.78, 5) is 0. The van der Waals surface area contributed by atoms with E-state index in [0.717, 1.165) is 0 Å². The number of rotatable bonds is 0. The van der Waals surface area contributed by atoms with Gasteiger partial charge in [-0.3, -0.25) is 0 Å². The Kier molecular flexibility index (Phi) is 15600. The molecule has 0 saturated heterocycles. The summed E-state index contributed by atoms with van der Waals surface area (Å²) in [6.45, 7) is 16.0. The molecule has 0 aliphatic rings. The monoisotopic (exact) mass is 347 g/mol. The smallest absolute Gasteiger partial charge is 0 e. The summed E-state index contributed by atoms with van der Waals surface area (Å²) in [5, 5.41) is 0. The predicted molar refractivity (Wildman–Crippen MR) is 64.6 cm³/mol. The Morgan fingerprint density at radius 2 is 0.417 bits per heavy atom. The van der Waals surface area contributed by atoms with E-state index in [9.17, 15) is 0 Å². The summed E-state index contributed by atoms with van der Waals surface area (Å²) in [6, 6.07) is 0. The number of hydrogen-bond donors (Lipinski definition) is 0. The van der Waals surface area contributed by atoms with Gasteiger partial charge in [-0.15, -0.1) is 0 Å². The zero-order valence-corrected chi connectivity index (χ0v) is 11.9. The van der Waals surface area contributed by atoms with Crippen molar-refractivity contribution in [3.05, 3.63) is 0 Å². The zero-order chi connectivity index (χ0) is 8.00. The van der Waals surface area contributed by atoms with Crippen LogP contribution in [0.3, 0.4) is 0 Å². The molecule has 0 atom stereocenters. The second kappa shape index (κ2) is 2400. The minimum atomic E-state index is 0. The topological polar surface area (TPSA) is 0 Å². The summed E-state index contributed by atoms with van der Waals surface area (Å²) in [5.74, 6) is 0. The Balaban J connectivity index is -0.00000000267. The van der Waals surface area contributed by atoms with Crippen molar-refractivity contribution in [1.82, 2.24) is 0 Å². The van der Waals surface area contributed by atoms with Crippen LogP contribution in [0.2, 0.25) is 0 Å². The van der Waals surface area contributed by atoms with Crippen LogP contribution in [-0.2, 0) is 21.1 Å². The van der Waals surface area contributed by atoms with Crippen LogP contribution in [-0.4, -0.2) is 8.41 Å².